The van der Waals surface area contributed by atoms with Gasteiger partial charge in [0.05, 0.1) is 6.04 Å². The fourth-order valence-corrected chi connectivity index (χ4v) is 3.66. The van der Waals surface area contributed by atoms with Gasteiger partial charge in [-0.25, -0.2) is 0 Å². The van der Waals surface area contributed by atoms with Gasteiger partial charge in [0.25, 0.3) is 0 Å². The largest absolute Gasteiger partial charge is 0.396 e. The van der Waals surface area contributed by atoms with E-state index < -0.39 is 0 Å². The summed E-state index contributed by atoms with van der Waals surface area (Å²) in [4.78, 5) is 2.71. The monoisotopic (exact) mass is 281 g/mol. The summed E-state index contributed by atoms with van der Waals surface area (Å²) in [6, 6.07) is 9.26. The van der Waals surface area contributed by atoms with Crippen LogP contribution in [0.2, 0.25) is 0 Å². The molecule has 0 spiro atoms. The average molecular weight is 281 g/mol. The van der Waals surface area contributed by atoms with Crippen molar-refractivity contribution in [3.05, 3.63) is 44.8 Å². The minimum Gasteiger partial charge on any atom is -0.396 e. The molecule has 2 aromatic rings. The summed E-state index contributed by atoms with van der Waals surface area (Å²) in [5.41, 5.74) is 0. The lowest BCUT2D eigenvalue weighted by Crippen LogP contribution is -2.30. The van der Waals surface area contributed by atoms with Crippen LogP contribution in [0.3, 0.4) is 0 Å². The summed E-state index contributed by atoms with van der Waals surface area (Å²) < 4.78 is 0. The Morgan fingerprint density at radius 1 is 1.17 bits per heavy atom. The van der Waals surface area contributed by atoms with E-state index in [4.69, 9.17) is 5.11 Å². The molecule has 2 rings (SSSR count). The summed E-state index contributed by atoms with van der Waals surface area (Å²) in [7, 11) is 0. The van der Waals surface area contributed by atoms with Crippen LogP contribution in [0.25, 0.3) is 0 Å². The van der Waals surface area contributed by atoms with Crippen LogP contribution in [0.4, 0.5) is 0 Å². The Labute approximate surface area is 116 Å². The van der Waals surface area contributed by atoms with Crippen molar-refractivity contribution < 1.29 is 5.11 Å². The van der Waals surface area contributed by atoms with Gasteiger partial charge in [0, 0.05) is 22.4 Å². The Balaban J connectivity index is 2.07. The van der Waals surface area contributed by atoms with Crippen LogP contribution in [0.5, 0.6) is 0 Å². The van der Waals surface area contributed by atoms with E-state index >= 15 is 0 Å². The third-order valence-electron chi connectivity index (χ3n) is 2.90. The van der Waals surface area contributed by atoms with Gasteiger partial charge in [0.2, 0.25) is 0 Å². The van der Waals surface area contributed by atoms with Crippen molar-refractivity contribution in [2.24, 2.45) is 0 Å². The molecule has 0 saturated heterocycles. The van der Waals surface area contributed by atoms with E-state index in [-0.39, 0.29) is 6.61 Å². The molecule has 0 radical (unpaired) electrons. The maximum Gasteiger partial charge on any atom is 0.0766 e. The van der Waals surface area contributed by atoms with E-state index in [0.29, 0.717) is 12.1 Å². The van der Waals surface area contributed by atoms with Gasteiger partial charge >= 0.3 is 0 Å². The highest BCUT2D eigenvalue weighted by molar-refractivity contribution is 7.11. The van der Waals surface area contributed by atoms with Crippen LogP contribution in [0, 0.1) is 0 Å². The number of rotatable bonds is 7. The van der Waals surface area contributed by atoms with Crippen molar-refractivity contribution in [2.45, 2.75) is 31.8 Å². The molecule has 4 heteroatoms. The molecule has 18 heavy (non-hydrogen) atoms. The molecule has 0 aliphatic rings. The first-order valence-electron chi connectivity index (χ1n) is 6.25. The van der Waals surface area contributed by atoms with Gasteiger partial charge in [-0.05, 0) is 42.7 Å². The van der Waals surface area contributed by atoms with Gasteiger partial charge in [0.15, 0.2) is 0 Å². The zero-order chi connectivity index (χ0) is 12.8. The van der Waals surface area contributed by atoms with E-state index in [0.717, 1.165) is 12.8 Å². The molecular formula is C14H19NOS2. The Kier molecular flexibility index (Phi) is 5.38. The van der Waals surface area contributed by atoms with E-state index in [1.165, 1.54) is 9.75 Å². The first kappa shape index (κ1) is 13.7. The van der Waals surface area contributed by atoms with Crippen LogP contribution in [0.15, 0.2) is 35.0 Å². The molecular weight excluding hydrogens is 262 g/mol. The third kappa shape index (κ3) is 3.65. The molecule has 1 unspecified atom stereocenters. The number of hydrogen-bond acceptors (Lipinski definition) is 4. The topological polar surface area (TPSA) is 32.3 Å². The van der Waals surface area contributed by atoms with Crippen LogP contribution < -0.4 is 5.32 Å². The third-order valence-corrected chi connectivity index (χ3v) is 4.78. The summed E-state index contributed by atoms with van der Waals surface area (Å²) in [6.07, 6.45) is 1.86. The van der Waals surface area contributed by atoms with Crippen molar-refractivity contribution in [3.63, 3.8) is 0 Å². The average Bonchev–Trinajstić information content (AvgIpc) is 3.05. The van der Waals surface area contributed by atoms with Gasteiger partial charge in [-0.15, -0.1) is 22.7 Å². The van der Waals surface area contributed by atoms with Crippen molar-refractivity contribution in [1.82, 2.24) is 5.32 Å². The van der Waals surface area contributed by atoms with Crippen LogP contribution in [-0.2, 0) is 0 Å². The highest BCUT2D eigenvalue weighted by Gasteiger charge is 2.18. The predicted molar refractivity (Wildman–Crippen MR) is 79.4 cm³/mol. The number of hydrogen-bond donors (Lipinski definition) is 2. The van der Waals surface area contributed by atoms with Gasteiger partial charge in [-0.1, -0.05) is 12.1 Å². The van der Waals surface area contributed by atoms with Gasteiger partial charge in [-0.2, -0.15) is 0 Å². The zero-order valence-corrected chi connectivity index (χ0v) is 12.1. The van der Waals surface area contributed by atoms with Crippen molar-refractivity contribution in [1.29, 1.82) is 0 Å². The summed E-state index contributed by atoms with van der Waals surface area (Å²) in [5, 5.41) is 16.8. The second-order valence-corrected chi connectivity index (χ2v) is 6.36. The lowest BCUT2D eigenvalue weighted by molar-refractivity contribution is 0.275. The van der Waals surface area contributed by atoms with Crippen molar-refractivity contribution >= 4 is 22.7 Å². The lowest BCUT2D eigenvalue weighted by Gasteiger charge is -2.21. The van der Waals surface area contributed by atoms with E-state index in [2.05, 4.69) is 47.3 Å². The van der Waals surface area contributed by atoms with E-state index in [1.807, 2.05) is 0 Å². The molecule has 0 fully saturated rings. The van der Waals surface area contributed by atoms with Crippen molar-refractivity contribution in [2.75, 3.05) is 6.61 Å². The predicted octanol–water partition coefficient (Wildman–Crippen LogP) is 3.65. The van der Waals surface area contributed by atoms with Gasteiger partial charge < -0.3 is 10.4 Å². The normalized spacial score (nSPS) is 13.1. The second kappa shape index (κ2) is 7.04. The first-order valence-corrected chi connectivity index (χ1v) is 8.01. The SMILES string of the molecule is CC(CCCO)NC(c1cccs1)c1cccs1. The number of nitrogens with one attached hydrogen (secondary N) is 1. The summed E-state index contributed by atoms with van der Waals surface area (Å²) >= 11 is 3.58. The maximum absolute atomic E-state index is 8.89. The highest BCUT2D eigenvalue weighted by atomic mass is 32.1. The van der Waals surface area contributed by atoms with Crippen LogP contribution in [0.1, 0.15) is 35.6 Å². The maximum atomic E-state index is 8.89. The minimum atomic E-state index is 0.273. The quantitative estimate of drug-likeness (QED) is 0.812. The highest BCUT2D eigenvalue weighted by Crippen LogP contribution is 2.29. The minimum absolute atomic E-state index is 0.273. The molecule has 2 heterocycles. The fourth-order valence-electron chi connectivity index (χ4n) is 1.98. The molecule has 98 valence electrons. The Morgan fingerprint density at radius 2 is 1.78 bits per heavy atom. The molecule has 1 atom stereocenters. The molecule has 0 amide bonds. The zero-order valence-electron chi connectivity index (χ0n) is 10.5. The fraction of sp³-hybridized carbons (Fsp3) is 0.429. The smallest absolute Gasteiger partial charge is 0.0766 e. The summed E-state index contributed by atoms with van der Waals surface area (Å²) in [5.74, 6) is 0. The van der Waals surface area contributed by atoms with E-state index in [1.54, 1.807) is 22.7 Å². The van der Waals surface area contributed by atoms with Crippen LogP contribution >= 0.6 is 22.7 Å². The van der Waals surface area contributed by atoms with Gasteiger partial charge in [0.1, 0.15) is 0 Å². The van der Waals surface area contributed by atoms with Crippen LogP contribution in [-0.4, -0.2) is 17.8 Å². The van der Waals surface area contributed by atoms with Gasteiger partial charge in [-0.3, -0.25) is 0 Å². The van der Waals surface area contributed by atoms with Crippen molar-refractivity contribution in [3.8, 4) is 0 Å². The molecule has 0 aliphatic heterocycles. The molecule has 0 aromatic carbocycles. The molecule has 0 aliphatic carbocycles. The lowest BCUT2D eigenvalue weighted by atomic mass is 10.1. The standard InChI is InChI=1S/C14H19NOS2/c1-11(5-2-8-16)15-14(12-6-3-9-17-12)13-7-4-10-18-13/h3-4,6-7,9-11,14-16H,2,5,8H2,1H3. The number of aliphatic hydroxyl groups excluding tert-OH is 1. The Hall–Kier alpha value is -0.680. The first-order chi connectivity index (χ1) is 8.81. The summed E-state index contributed by atoms with van der Waals surface area (Å²) in [6.45, 7) is 2.46. The number of thiophene rings is 2. The molecule has 2 N–H and O–H groups in total. The second-order valence-electron chi connectivity index (χ2n) is 4.40. The Morgan fingerprint density at radius 3 is 2.22 bits per heavy atom. The number of aliphatic hydroxyl groups is 1. The molecule has 0 bridgehead atoms. The molecule has 0 saturated carbocycles. The van der Waals surface area contributed by atoms with E-state index in [9.17, 15) is 0 Å². The Bertz CT molecular complexity index is 390. The molecule has 2 aromatic heterocycles. The molecule has 2 nitrogen and oxygen atoms in total.